The third kappa shape index (κ3) is 7.67. The summed E-state index contributed by atoms with van der Waals surface area (Å²) in [6.45, 7) is 3.44. The van der Waals surface area contributed by atoms with Crippen molar-refractivity contribution in [3.8, 4) is 17.6 Å². The Balaban J connectivity index is 0.000000434. The van der Waals surface area contributed by atoms with E-state index in [2.05, 4.69) is 32.5 Å². The average molecular weight is 602 g/mol. The Morgan fingerprint density at radius 3 is 2.48 bits per heavy atom. The van der Waals surface area contributed by atoms with Gasteiger partial charge in [-0.1, -0.05) is 31.2 Å². The maximum absolute atomic E-state index is 13.4. The topological polar surface area (TPSA) is 82.5 Å². The number of aromatic hydroxyl groups is 1. The Kier molecular flexibility index (Phi) is 9.78. The fourth-order valence-corrected chi connectivity index (χ4v) is 6.06. The van der Waals surface area contributed by atoms with E-state index in [1.54, 1.807) is 37.4 Å². The molecule has 226 valence electrons. The van der Waals surface area contributed by atoms with E-state index in [1.807, 2.05) is 12.1 Å². The lowest BCUT2D eigenvalue weighted by Crippen LogP contribution is -2.64. The minimum absolute atomic E-state index is 0.0802. The van der Waals surface area contributed by atoms with Crippen LogP contribution in [0, 0.1) is 17.3 Å². The zero-order valence-corrected chi connectivity index (χ0v) is 24.6. The lowest BCUT2D eigenvalue weighted by molar-refractivity contribution is -0.140. The number of benzene rings is 2. The van der Waals surface area contributed by atoms with E-state index in [9.17, 15) is 18.3 Å². The number of aromatic nitrogens is 1. The number of fused-ring (bicyclic) bond motifs is 1. The number of hydrogen-bond acceptors (Lipinski definition) is 7. The molecule has 0 amide bonds. The summed E-state index contributed by atoms with van der Waals surface area (Å²) in [5, 5.41) is 20.7. The van der Waals surface area contributed by atoms with E-state index in [4.69, 9.17) is 4.74 Å². The van der Waals surface area contributed by atoms with Crippen molar-refractivity contribution in [1.82, 2.24) is 14.6 Å². The van der Waals surface area contributed by atoms with Gasteiger partial charge in [0.05, 0.1) is 36.7 Å². The van der Waals surface area contributed by atoms with Gasteiger partial charge in [0.2, 0.25) is 0 Å². The second-order valence-corrected chi connectivity index (χ2v) is 12.3. The highest BCUT2D eigenvalue weighted by Gasteiger charge is 2.43. The highest BCUT2D eigenvalue weighted by molar-refractivity contribution is 7.97. The van der Waals surface area contributed by atoms with Crippen LogP contribution in [-0.2, 0) is 11.3 Å². The number of hydrogen-bond donors (Lipinski definition) is 5. The van der Waals surface area contributed by atoms with Gasteiger partial charge >= 0.3 is 6.18 Å². The minimum Gasteiger partial charge on any atom is -0.506 e. The highest BCUT2D eigenvalue weighted by atomic mass is 32.2. The molecule has 2 aromatic carbocycles. The molecule has 5 N–H and O–H groups in total. The zero-order valence-electron chi connectivity index (χ0n) is 23.7. The molecular weight excluding hydrogens is 563 g/mol. The largest absolute Gasteiger partial charge is 0.506 e. The lowest BCUT2D eigenvalue weighted by atomic mass is 9.80. The molecule has 11 heteroatoms. The first kappa shape index (κ1) is 30.4. The summed E-state index contributed by atoms with van der Waals surface area (Å²) in [5.74, 6) is 5.89. The third-order valence-corrected chi connectivity index (χ3v) is 8.53. The Labute approximate surface area is 249 Å². The average Bonchev–Trinajstić information content (AvgIpc) is 3.24. The first-order valence-electron chi connectivity index (χ1n) is 14.4. The summed E-state index contributed by atoms with van der Waals surface area (Å²) in [4.78, 5) is 0.857. The van der Waals surface area contributed by atoms with Gasteiger partial charge in [-0.2, -0.15) is 13.2 Å². The normalized spacial score (nSPS) is 17.8. The van der Waals surface area contributed by atoms with E-state index in [0.29, 0.717) is 28.4 Å². The second-order valence-electron chi connectivity index (χ2n) is 11.2. The van der Waals surface area contributed by atoms with Crippen LogP contribution in [0.5, 0.6) is 5.75 Å². The van der Waals surface area contributed by atoms with Crippen molar-refractivity contribution in [3.63, 3.8) is 0 Å². The smallest absolute Gasteiger partial charge is 0.406 e. The van der Waals surface area contributed by atoms with E-state index < -0.39 is 12.7 Å². The molecule has 1 spiro atoms. The Hall–Kier alpha value is -3.04. The molecule has 3 aliphatic rings. The molecule has 3 fully saturated rings. The predicted octanol–water partition coefficient (Wildman–Crippen LogP) is 5.95. The molecule has 42 heavy (non-hydrogen) atoms. The molecule has 6 rings (SSSR count). The maximum Gasteiger partial charge on any atom is 0.406 e. The van der Waals surface area contributed by atoms with Crippen molar-refractivity contribution in [3.05, 3.63) is 48.2 Å². The number of rotatable bonds is 7. The van der Waals surface area contributed by atoms with E-state index in [0.717, 1.165) is 42.0 Å². The molecule has 7 nitrogen and oxygen atoms in total. The number of ether oxygens (including phenoxy) is 1. The van der Waals surface area contributed by atoms with Gasteiger partial charge in [0, 0.05) is 40.5 Å². The molecule has 2 saturated heterocycles. The van der Waals surface area contributed by atoms with Crippen molar-refractivity contribution in [2.75, 3.05) is 50.5 Å². The summed E-state index contributed by atoms with van der Waals surface area (Å²) in [6, 6.07) is 12.7. The summed E-state index contributed by atoms with van der Waals surface area (Å²) in [6.07, 6.45) is 1.33. The van der Waals surface area contributed by atoms with Crippen LogP contribution >= 0.6 is 11.9 Å². The van der Waals surface area contributed by atoms with Crippen molar-refractivity contribution < 1.29 is 23.0 Å². The fraction of sp³-hybridized carbons (Fsp3) is 0.484. The van der Waals surface area contributed by atoms with Crippen LogP contribution in [0.1, 0.15) is 37.8 Å². The van der Waals surface area contributed by atoms with Gasteiger partial charge in [0.15, 0.2) is 0 Å². The van der Waals surface area contributed by atoms with Gasteiger partial charge in [0.25, 0.3) is 0 Å². The molecule has 3 aromatic rings. The molecule has 1 aromatic heterocycles. The SMILES string of the molecule is C1NCC12COC2.CNSc1ccc(NCC#Cc2cc3c(NC4CCCCC4)cccc3n2CC(F)(F)F)c(O)c1. The zero-order chi connectivity index (χ0) is 29.6. The molecule has 1 saturated carbocycles. The molecule has 0 bridgehead atoms. The minimum atomic E-state index is -4.37. The van der Waals surface area contributed by atoms with Crippen LogP contribution in [0.25, 0.3) is 10.9 Å². The molecule has 0 radical (unpaired) electrons. The van der Waals surface area contributed by atoms with Gasteiger partial charge in [0.1, 0.15) is 12.3 Å². The molecular formula is C31H38F3N5O2S. The second kappa shape index (κ2) is 13.5. The van der Waals surface area contributed by atoms with Gasteiger partial charge < -0.3 is 30.4 Å². The maximum atomic E-state index is 13.4. The monoisotopic (exact) mass is 601 g/mol. The third-order valence-electron chi connectivity index (χ3n) is 7.84. The molecule has 0 atom stereocenters. The van der Waals surface area contributed by atoms with Crippen LogP contribution in [0.3, 0.4) is 0 Å². The van der Waals surface area contributed by atoms with Crippen molar-refractivity contribution in [2.24, 2.45) is 5.41 Å². The summed E-state index contributed by atoms with van der Waals surface area (Å²) < 4.78 is 49.4. The Morgan fingerprint density at radius 1 is 1.10 bits per heavy atom. The summed E-state index contributed by atoms with van der Waals surface area (Å²) in [5.41, 5.74) is 2.79. The number of nitrogens with zero attached hydrogens (tertiary/aromatic N) is 1. The number of phenolic OH excluding ortho intramolecular Hbond substituents is 1. The Morgan fingerprint density at radius 2 is 1.88 bits per heavy atom. The van der Waals surface area contributed by atoms with Gasteiger partial charge in [-0.05, 0) is 74.2 Å². The molecule has 2 aliphatic heterocycles. The number of phenols is 1. The number of anilines is 2. The van der Waals surface area contributed by atoms with E-state index in [-0.39, 0.29) is 12.3 Å². The first-order valence-corrected chi connectivity index (χ1v) is 15.2. The van der Waals surface area contributed by atoms with Crippen molar-refractivity contribution in [2.45, 2.75) is 55.8 Å². The first-order chi connectivity index (χ1) is 20.3. The summed E-state index contributed by atoms with van der Waals surface area (Å²) in [7, 11) is 1.79. The molecule has 3 heterocycles. The predicted molar refractivity (Wildman–Crippen MR) is 163 cm³/mol. The van der Waals surface area contributed by atoms with E-state index >= 15 is 0 Å². The number of nitrogens with one attached hydrogen (secondary N) is 4. The summed E-state index contributed by atoms with van der Waals surface area (Å²) >= 11 is 1.38. The van der Waals surface area contributed by atoms with E-state index in [1.165, 1.54) is 48.9 Å². The fourth-order valence-electron chi connectivity index (χ4n) is 5.52. The number of halogens is 3. The Bertz CT molecular complexity index is 1400. The molecule has 1 aliphatic carbocycles. The van der Waals surface area contributed by atoms with Crippen LogP contribution in [-0.4, -0.2) is 61.8 Å². The molecule has 0 unspecified atom stereocenters. The van der Waals surface area contributed by atoms with Crippen molar-refractivity contribution >= 4 is 34.2 Å². The van der Waals surface area contributed by atoms with Crippen molar-refractivity contribution in [1.29, 1.82) is 0 Å². The van der Waals surface area contributed by atoms with Crippen LogP contribution in [0.15, 0.2) is 47.4 Å². The standard InChI is InChI=1S/C26H29F3N4OS.C5H9NO/c1-30-35-20-12-13-23(25(34)16-20)31-14-6-9-19-15-21-22(32-18-7-3-2-4-8-18)10-5-11-24(21)33(19)17-26(27,28)29;1-5(2-6-1)3-7-4-5/h5,10-13,15-16,18,30-32,34H,2-4,7-8,14,17H2,1H3;6H,1-4H2. The van der Waals surface area contributed by atoms with Crippen LogP contribution in [0.2, 0.25) is 0 Å². The van der Waals surface area contributed by atoms with Gasteiger partial charge in [-0.3, -0.25) is 4.72 Å². The van der Waals surface area contributed by atoms with Gasteiger partial charge in [-0.25, -0.2) is 0 Å². The van der Waals surface area contributed by atoms with Crippen LogP contribution in [0.4, 0.5) is 24.5 Å². The van der Waals surface area contributed by atoms with Gasteiger partial charge in [-0.15, -0.1) is 0 Å². The lowest BCUT2D eigenvalue weighted by Gasteiger charge is -2.48. The highest BCUT2D eigenvalue weighted by Crippen LogP contribution is 2.33. The number of alkyl halides is 3. The quantitative estimate of drug-likeness (QED) is 0.130. The van der Waals surface area contributed by atoms with Crippen LogP contribution < -0.4 is 20.7 Å².